The minimum atomic E-state index is -3.77. The third-order valence-electron chi connectivity index (χ3n) is 5.11. The molecule has 1 heterocycles. The third kappa shape index (κ3) is 5.01. The Morgan fingerprint density at radius 1 is 1.03 bits per heavy atom. The monoisotopic (exact) mass is 419 g/mol. The first-order valence-corrected chi connectivity index (χ1v) is 10.9. The predicted octanol–water partition coefficient (Wildman–Crippen LogP) is 3.14. The smallest absolute Gasteiger partial charge is 0.282 e. The lowest BCUT2D eigenvalue weighted by molar-refractivity contribution is -0.116. The number of nitrogens with zero attached hydrogens (tertiary/aromatic N) is 2. The van der Waals surface area contributed by atoms with E-state index in [9.17, 15) is 17.6 Å². The molecule has 29 heavy (non-hydrogen) atoms. The minimum Gasteiger partial charge on any atom is -0.325 e. The second kappa shape index (κ2) is 8.61. The summed E-state index contributed by atoms with van der Waals surface area (Å²) in [6, 6.07) is 10.1. The summed E-state index contributed by atoms with van der Waals surface area (Å²) in [4.78, 5) is 12.4. The molecule has 0 bridgehead atoms. The van der Waals surface area contributed by atoms with Crippen molar-refractivity contribution in [3.63, 3.8) is 0 Å². The zero-order chi connectivity index (χ0) is 21.2. The minimum absolute atomic E-state index is 0.275. The molecule has 3 rings (SSSR count). The van der Waals surface area contributed by atoms with Gasteiger partial charge >= 0.3 is 0 Å². The van der Waals surface area contributed by atoms with Gasteiger partial charge < -0.3 is 5.32 Å². The zero-order valence-corrected chi connectivity index (χ0v) is 17.7. The molecule has 6 nitrogen and oxygen atoms in total. The van der Waals surface area contributed by atoms with E-state index < -0.39 is 21.9 Å². The van der Waals surface area contributed by atoms with Gasteiger partial charge in [-0.25, -0.2) is 4.39 Å². The number of benzene rings is 2. The average Bonchev–Trinajstić information content (AvgIpc) is 2.64. The third-order valence-corrected chi connectivity index (χ3v) is 7.04. The van der Waals surface area contributed by atoms with E-state index >= 15 is 0 Å². The first kappa shape index (κ1) is 21.4. The standard InChI is InChI=1S/C21H26FN3O3S/c1-15-5-6-16(2)18(11-15)13-24-9-4-10-25(29(24,27)28)14-21(26)23-20-12-19(22)8-7-17(20)3/h5-8,11-12H,4,9-10,13-14H2,1-3H3,(H,23,26). The van der Waals surface area contributed by atoms with Crippen molar-refractivity contribution in [2.75, 3.05) is 25.0 Å². The van der Waals surface area contributed by atoms with Crippen LogP contribution in [0.5, 0.6) is 0 Å². The molecule has 1 saturated heterocycles. The van der Waals surface area contributed by atoms with Crippen LogP contribution in [-0.4, -0.2) is 42.6 Å². The number of rotatable bonds is 5. The van der Waals surface area contributed by atoms with Crippen LogP contribution in [0.1, 0.15) is 28.7 Å². The van der Waals surface area contributed by atoms with Gasteiger partial charge in [-0.1, -0.05) is 29.8 Å². The molecule has 1 N–H and O–H groups in total. The number of hydrogen-bond acceptors (Lipinski definition) is 3. The van der Waals surface area contributed by atoms with Crippen LogP contribution < -0.4 is 5.32 Å². The highest BCUT2D eigenvalue weighted by Gasteiger charge is 2.35. The molecule has 0 atom stereocenters. The lowest BCUT2D eigenvalue weighted by atomic mass is 10.1. The van der Waals surface area contributed by atoms with E-state index in [-0.39, 0.29) is 19.6 Å². The second-order valence-electron chi connectivity index (χ2n) is 7.47. The number of amides is 1. The van der Waals surface area contributed by atoms with Crippen LogP contribution in [0.2, 0.25) is 0 Å². The molecule has 2 aromatic rings. The second-order valence-corrected chi connectivity index (χ2v) is 9.39. The predicted molar refractivity (Wildman–Crippen MR) is 111 cm³/mol. The highest BCUT2D eigenvalue weighted by atomic mass is 32.2. The zero-order valence-electron chi connectivity index (χ0n) is 16.9. The van der Waals surface area contributed by atoms with Crippen LogP contribution in [0.4, 0.5) is 10.1 Å². The number of halogens is 1. The van der Waals surface area contributed by atoms with Gasteiger partial charge in [-0.2, -0.15) is 17.0 Å². The topological polar surface area (TPSA) is 69.7 Å². The lowest BCUT2D eigenvalue weighted by Crippen LogP contribution is -2.51. The fourth-order valence-electron chi connectivity index (χ4n) is 3.38. The number of aryl methyl sites for hydroxylation is 3. The van der Waals surface area contributed by atoms with E-state index in [2.05, 4.69) is 5.32 Å². The summed E-state index contributed by atoms with van der Waals surface area (Å²) in [7, 11) is -3.77. The van der Waals surface area contributed by atoms with E-state index in [1.165, 1.54) is 20.7 Å². The lowest BCUT2D eigenvalue weighted by Gasteiger charge is -2.34. The van der Waals surface area contributed by atoms with Crippen molar-refractivity contribution in [3.05, 3.63) is 64.5 Å². The van der Waals surface area contributed by atoms with Gasteiger partial charge in [0.05, 0.1) is 6.54 Å². The van der Waals surface area contributed by atoms with Gasteiger partial charge in [-0.05, 0) is 56.0 Å². The Kier molecular flexibility index (Phi) is 6.36. The summed E-state index contributed by atoms with van der Waals surface area (Å²) in [6.07, 6.45) is 0.635. The number of anilines is 1. The van der Waals surface area contributed by atoms with Gasteiger partial charge in [0, 0.05) is 25.3 Å². The van der Waals surface area contributed by atoms with Crippen molar-refractivity contribution < 1.29 is 17.6 Å². The number of nitrogens with one attached hydrogen (secondary N) is 1. The summed E-state index contributed by atoms with van der Waals surface area (Å²) >= 11 is 0. The van der Waals surface area contributed by atoms with Crippen LogP contribution in [0.3, 0.4) is 0 Å². The van der Waals surface area contributed by atoms with Gasteiger partial charge in [0.25, 0.3) is 10.2 Å². The first-order chi connectivity index (χ1) is 13.7. The summed E-state index contributed by atoms with van der Waals surface area (Å²) in [6.45, 7) is 6.34. The van der Waals surface area contributed by atoms with E-state index in [1.54, 1.807) is 13.0 Å². The van der Waals surface area contributed by atoms with Crippen molar-refractivity contribution in [1.82, 2.24) is 8.61 Å². The Balaban J connectivity index is 1.72. The maximum absolute atomic E-state index is 13.4. The summed E-state index contributed by atoms with van der Waals surface area (Å²) in [5.74, 6) is -0.952. The molecule has 0 spiro atoms. The fraction of sp³-hybridized carbons (Fsp3) is 0.381. The normalized spacial score (nSPS) is 17.2. The van der Waals surface area contributed by atoms with Crippen LogP contribution in [-0.2, 0) is 21.5 Å². The molecule has 156 valence electrons. The molecule has 0 aliphatic carbocycles. The summed E-state index contributed by atoms with van der Waals surface area (Å²) in [5, 5.41) is 2.61. The van der Waals surface area contributed by atoms with E-state index in [4.69, 9.17) is 0 Å². The van der Waals surface area contributed by atoms with E-state index in [0.29, 0.717) is 24.2 Å². The highest BCUT2D eigenvalue weighted by Crippen LogP contribution is 2.22. The molecular formula is C21H26FN3O3S. The molecule has 0 aromatic heterocycles. The van der Waals surface area contributed by atoms with E-state index in [1.807, 2.05) is 32.0 Å². The Morgan fingerprint density at radius 2 is 1.72 bits per heavy atom. The van der Waals surface area contributed by atoms with Gasteiger partial charge in [0.2, 0.25) is 5.91 Å². The largest absolute Gasteiger partial charge is 0.325 e. The van der Waals surface area contributed by atoms with Crippen molar-refractivity contribution in [1.29, 1.82) is 0 Å². The van der Waals surface area contributed by atoms with Crippen molar-refractivity contribution in [3.8, 4) is 0 Å². The first-order valence-electron chi connectivity index (χ1n) is 9.54. The molecule has 8 heteroatoms. The van der Waals surface area contributed by atoms with Crippen molar-refractivity contribution in [2.24, 2.45) is 0 Å². The molecule has 2 aromatic carbocycles. The maximum Gasteiger partial charge on any atom is 0.282 e. The Bertz CT molecular complexity index is 1020. The Morgan fingerprint density at radius 3 is 2.48 bits per heavy atom. The Hall–Kier alpha value is -2.29. The van der Waals surface area contributed by atoms with Crippen LogP contribution in [0, 0.1) is 26.6 Å². The number of carbonyl (C=O) groups is 1. The molecule has 0 unspecified atom stereocenters. The maximum atomic E-state index is 13.4. The van der Waals surface area contributed by atoms with Gasteiger partial charge in [-0.15, -0.1) is 0 Å². The molecular weight excluding hydrogens is 393 g/mol. The highest BCUT2D eigenvalue weighted by molar-refractivity contribution is 7.86. The SMILES string of the molecule is Cc1ccc(C)c(CN2CCCN(CC(=O)Nc3cc(F)ccc3C)S2(=O)=O)c1. The van der Waals surface area contributed by atoms with Crippen LogP contribution in [0.25, 0.3) is 0 Å². The number of hydrogen-bond donors (Lipinski definition) is 1. The van der Waals surface area contributed by atoms with Crippen molar-refractivity contribution >= 4 is 21.8 Å². The molecule has 0 radical (unpaired) electrons. The molecule has 1 amide bonds. The molecule has 0 saturated carbocycles. The summed E-state index contributed by atoms with van der Waals surface area (Å²) < 4.78 is 42.1. The molecule has 1 aliphatic rings. The average molecular weight is 420 g/mol. The summed E-state index contributed by atoms with van der Waals surface area (Å²) in [5.41, 5.74) is 4.11. The fourth-order valence-corrected chi connectivity index (χ4v) is 5.01. The van der Waals surface area contributed by atoms with Gasteiger partial charge in [-0.3, -0.25) is 4.79 Å². The van der Waals surface area contributed by atoms with Crippen molar-refractivity contribution in [2.45, 2.75) is 33.7 Å². The molecule has 1 fully saturated rings. The van der Waals surface area contributed by atoms with Gasteiger partial charge in [0.1, 0.15) is 5.82 Å². The van der Waals surface area contributed by atoms with Crippen LogP contribution >= 0.6 is 0 Å². The quantitative estimate of drug-likeness (QED) is 0.810. The van der Waals surface area contributed by atoms with Crippen LogP contribution in [0.15, 0.2) is 36.4 Å². The number of carbonyl (C=O) groups excluding carboxylic acids is 1. The molecule has 1 aliphatic heterocycles. The van der Waals surface area contributed by atoms with Gasteiger partial charge in [0.15, 0.2) is 0 Å². The van der Waals surface area contributed by atoms with E-state index in [0.717, 1.165) is 16.7 Å². The Labute approximate surface area is 171 Å².